The van der Waals surface area contributed by atoms with Crippen molar-refractivity contribution >= 4 is 32.8 Å². The maximum atomic E-state index is 11.0. The Balaban J connectivity index is 2.60. The molecule has 0 saturated heterocycles. The van der Waals surface area contributed by atoms with Crippen molar-refractivity contribution < 1.29 is 4.79 Å². The van der Waals surface area contributed by atoms with Crippen molar-refractivity contribution in [1.29, 1.82) is 0 Å². The van der Waals surface area contributed by atoms with Crippen LogP contribution in [0.1, 0.15) is 16.2 Å². The van der Waals surface area contributed by atoms with E-state index in [1.165, 1.54) is 0 Å². The van der Waals surface area contributed by atoms with Gasteiger partial charge in [-0.15, -0.1) is 0 Å². The number of carbonyl (C=O) groups excluding carboxylic acids is 1. The van der Waals surface area contributed by atoms with Gasteiger partial charge in [0.05, 0.1) is 15.9 Å². The van der Waals surface area contributed by atoms with Crippen molar-refractivity contribution in [3.05, 3.63) is 35.7 Å². The molecule has 4 heteroatoms. The molecule has 0 bridgehead atoms. The largest absolute Gasteiger partial charge is 0.296 e. The number of aldehydes is 1. The molecule has 3 aromatic rings. The molecule has 0 aliphatic rings. The molecule has 0 spiro atoms. The average Bonchev–Trinajstić information content (AvgIpc) is 2.72. The second-order valence-electron chi connectivity index (χ2n) is 3.39. The second-order valence-corrected chi connectivity index (χ2v) is 4.40. The first-order chi connectivity index (χ1) is 7.31. The zero-order valence-corrected chi connectivity index (χ0v) is 8.91. The third-order valence-corrected chi connectivity index (χ3v) is 3.51. The summed E-state index contributed by atoms with van der Waals surface area (Å²) in [6.45, 7) is 1.86. The summed E-state index contributed by atoms with van der Waals surface area (Å²) in [6.07, 6.45) is 0.870. The first-order valence-electron chi connectivity index (χ1n) is 4.63. The van der Waals surface area contributed by atoms with E-state index < -0.39 is 0 Å². The highest BCUT2D eigenvalue weighted by atomic mass is 32.1. The maximum Gasteiger partial charge on any atom is 0.195 e. The fraction of sp³-hybridized carbons (Fsp3) is 0.0909. The van der Waals surface area contributed by atoms with Gasteiger partial charge in [-0.3, -0.25) is 9.20 Å². The van der Waals surface area contributed by atoms with E-state index in [-0.39, 0.29) is 0 Å². The molecule has 1 aromatic carbocycles. The molecule has 0 unspecified atom stereocenters. The quantitative estimate of drug-likeness (QED) is 0.586. The Hall–Kier alpha value is -1.68. The van der Waals surface area contributed by atoms with Gasteiger partial charge in [0.15, 0.2) is 11.2 Å². The highest BCUT2D eigenvalue weighted by Gasteiger charge is 2.12. The summed E-state index contributed by atoms with van der Waals surface area (Å²) in [6, 6.07) is 8.01. The van der Waals surface area contributed by atoms with E-state index in [0.717, 1.165) is 27.2 Å². The normalized spacial score (nSPS) is 11.3. The van der Waals surface area contributed by atoms with Crippen LogP contribution in [-0.4, -0.2) is 15.7 Å². The molecule has 3 nitrogen and oxygen atoms in total. The molecule has 3 rings (SSSR count). The molecule has 0 aliphatic heterocycles. The molecule has 0 saturated carbocycles. The van der Waals surface area contributed by atoms with Gasteiger partial charge in [-0.05, 0) is 19.1 Å². The highest BCUT2D eigenvalue weighted by molar-refractivity contribution is 7.23. The minimum absolute atomic E-state index is 0.655. The Bertz CT molecular complexity index is 666. The number of para-hydroxylation sites is 1. The van der Waals surface area contributed by atoms with Gasteiger partial charge in [0, 0.05) is 0 Å². The molecule has 2 heterocycles. The number of imidazole rings is 1. The minimum Gasteiger partial charge on any atom is -0.296 e. The molecule has 0 radical (unpaired) electrons. The van der Waals surface area contributed by atoms with Crippen molar-refractivity contribution in [1.82, 2.24) is 9.38 Å². The lowest BCUT2D eigenvalue weighted by Gasteiger charge is -1.92. The van der Waals surface area contributed by atoms with Crippen molar-refractivity contribution in [3.8, 4) is 0 Å². The van der Waals surface area contributed by atoms with Crippen molar-refractivity contribution in [2.75, 3.05) is 0 Å². The van der Waals surface area contributed by atoms with Gasteiger partial charge in [-0.25, -0.2) is 4.98 Å². The number of aromatic nitrogens is 2. The number of rotatable bonds is 1. The number of carbonyl (C=O) groups is 1. The van der Waals surface area contributed by atoms with Crippen molar-refractivity contribution in [3.63, 3.8) is 0 Å². The lowest BCUT2D eigenvalue weighted by molar-refractivity contribution is 0.111. The number of hydrogen-bond donors (Lipinski definition) is 0. The van der Waals surface area contributed by atoms with E-state index in [9.17, 15) is 4.79 Å². The third-order valence-electron chi connectivity index (χ3n) is 2.49. The minimum atomic E-state index is 0.655. The Kier molecular flexibility index (Phi) is 1.67. The van der Waals surface area contributed by atoms with Crippen LogP contribution in [0.4, 0.5) is 0 Å². The molecule has 0 N–H and O–H groups in total. The predicted molar refractivity (Wildman–Crippen MR) is 60.7 cm³/mol. The summed E-state index contributed by atoms with van der Waals surface area (Å²) in [5.41, 5.74) is 2.50. The van der Waals surface area contributed by atoms with Gasteiger partial charge in [-0.2, -0.15) is 0 Å². The topological polar surface area (TPSA) is 34.4 Å². The van der Waals surface area contributed by atoms with Crippen LogP contribution in [-0.2, 0) is 0 Å². The fourth-order valence-corrected chi connectivity index (χ4v) is 2.86. The number of aryl methyl sites for hydroxylation is 1. The van der Waals surface area contributed by atoms with Gasteiger partial charge in [0.1, 0.15) is 5.69 Å². The van der Waals surface area contributed by atoms with E-state index in [1.807, 2.05) is 35.6 Å². The molecular formula is C11H8N2OS. The average molecular weight is 216 g/mol. The third kappa shape index (κ3) is 1.05. The number of benzene rings is 1. The summed E-state index contributed by atoms with van der Waals surface area (Å²) in [5.74, 6) is 0. The van der Waals surface area contributed by atoms with Gasteiger partial charge >= 0.3 is 0 Å². The van der Waals surface area contributed by atoms with Crippen molar-refractivity contribution in [2.45, 2.75) is 6.92 Å². The van der Waals surface area contributed by atoms with Gasteiger partial charge < -0.3 is 0 Å². The predicted octanol–water partition coefficient (Wildman–Crippen LogP) is 2.67. The Morgan fingerprint density at radius 3 is 3.00 bits per heavy atom. The van der Waals surface area contributed by atoms with Gasteiger partial charge in [0.2, 0.25) is 0 Å². The van der Waals surface area contributed by atoms with Crippen LogP contribution in [0, 0.1) is 6.92 Å². The molecule has 0 fully saturated rings. The first kappa shape index (κ1) is 8.61. The lowest BCUT2D eigenvalue weighted by atomic mass is 10.3. The molecule has 0 atom stereocenters. The summed E-state index contributed by atoms with van der Waals surface area (Å²) in [4.78, 5) is 16.2. The molecule has 15 heavy (non-hydrogen) atoms. The number of thiazole rings is 1. The maximum absolute atomic E-state index is 11.0. The molecule has 2 aromatic heterocycles. The van der Waals surface area contributed by atoms with E-state index >= 15 is 0 Å². The van der Waals surface area contributed by atoms with Crippen LogP contribution < -0.4 is 0 Å². The zero-order valence-electron chi connectivity index (χ0n) is 8.10. The van der Waals surface area contributed by atoms with Crippen LogP contribution >= 0.6 is 11.3 Å². The van der Waals surface area contributed by atoms with Gasteiger partial charge in [0.25, 0.3) is 0 Å². The van der Waals surface area contributed by atoms with E-state index in [2.05, 4.69) is 4.98 Å². The second kappa shape index (κ2) is 2.90. The number of nitrogens with zero attached hydrogens (tertiary/aromatic N) is 2. The Labute approximate surface area is 90.0 Å². The fourth-order valence-electron chi connectivity index (χ4n) is 1.78. The van der Waals surface area contributed by atoms with Crippen LogP contribution in [0.25, 0.3) is 15.2 Å². The summed E-state index contributed by atoms with van der Waals surface area (Å²) in [5, 5.41) is 0. The smallest absolute Gasteiger partial charge is 0.195 e. The molecule has 0 aliphatic carbocycles. The lowest BCUT2D eigenvalue weighted by Crippen LogP contribution is -1.90. The standard InChI is InChI=1S/C11H8N2OS/c1-7-9(6-14)13-8-4-2-3-5-10(8)15-11(13)12-7/h2-6H,1H3. The number of hydrogen-bond acceptors (Lipinski definition) is 3. The summed E-state index contributed by atoms with van der Waals surface area (Å²) < 4.78 is 3.07. The van der Waals surface area contributed by atoms with E-state index in [4.69, 9.17) is 0 Å². The van der Waals surface area contributed by atoms with Crippen LogP contribution in [0.5, 0.6) is 0 Å². The monoisotopic (exact) mass is 216 g/mol. The molecular weight excluding hydrogens is 208 g/mol. The number of fused-ring (bicyclic) bond motifs is 3. The summed E-state index contributed by atoms with van der Waals surface area (Å²) >= 11 is 1.60. The van der Waals surface area contributed by atoms with E-state index in [0.29, 0.717) is 5.69 Å². The Morgan fingerprint density at radius 2 is 2.20 bits per heavy atom. The first-order valence-corrected chi connectivity index (χ1v) is 5.44. The zero-order chi connectivity index (χ0) is 10.4. The van der Waals surface area contributed by atoms with Crippen molar-refractivity contribution in [2.24, 2.45) is 0 Å². The van der Waals surface area contributed by atoms with Crippen LogP contribution in [0.2, 0.25) is 0 Å². The molecule has 0 amide bonds. The highest BCUT2D eigenvalue weighted by Crippen LogP contribution is 2.27. The SMILES string of the molecule is Cc1nc2sc3ccccc3n2c1C=O. The van der Waals surface area contributed by atoms with E-state index in [1.54, 1.807) is 11.3 Å². The van der Waals surface area contributed by atoms with Crippen LogP contribution in [0.3, 0.4) is 0 Å². The summed E-state index contributed by atoms with van der Waals surface area (Å²) in [7, 11) is 0. The Morgan fingerprint density at radius 1 is 1.40 bits per heavy atom. The van der Waals surface area contributed by atoms with Crippen LogP contribution in [0.15, 0.2) is 24.3 Å². The van der Waals surface area contributed by atoms with Gasteiger partial charge in [-0.1, -0.05) is 23.5 Å². The molecule has 74 valence electrons.